The van der Waals surface area contributed by atoms with Crippen LogP contribution in [0.15, 0.2) is 23.1 Å². The summed E-state index contributed by atoms with van der Waals surface area (Å²) in [6.07, 6.45) is 1.25. The van der Waals surface area contributed by atoms with Crippen molar-refractivity contribution in [3.8, 4) is 0 Å². The molecule has 0 radical (unpaired) electrons. The highest BCUT2D eigenvalue weighted by Crippen LogP contribution is 2.29. The standard InChI is InChI=1S/C14H21N3O3S/c1-9-7-12(15)5-6-13(9)21(19,20)17-8-11(14(16)18)4-3-10(17)2/h5-7,10-11H,3-4,8,15H2,1-2H3,(H2,16,18). The Morgan fingerprint density at radius 3 is 2.57 bits per heavy atom. The van der Waals surface area contributed by atoms with E-state index in [4.69, 9.17) is 11.5 Å². The minimum atomic E-state index is -3.66. The van der Waals surface area contributed by atoms with Crippen LogP contribution in [-0.2, 0) is 14.8 Å². The smallest absolute Gasteiger partial charge is 0.243 e. The number of sulfonamides is 1. The first kappa shape index (κ1) is 15.8. The Kier molecular flexibility index (Phi) is 4.25. The monoisotopic (exact) mass is 311 g/mol. The van der Waals surface area contributed by atoms with Gasteiger partial charge in [-0.15, -0.1) is 0 Å². The molecule has 0 spiro atoms. The molecule has 1 fully saturated rings. The van der Waals surface area contributed by atoms with Gasteiger partial charge in [0.15, 0.2) is 0 Å². The molecule has 0 saturated carbocycles. The Bertz CT molecular complexity index is 657. The van der Waals surface area contributed by atoms with E-state index in [9.17, 15) is 13.2 Å². The lowest BCUT2D eigenvalue weighted by Gasteiger charge is -2.36. The van der Waals surface area contributed by atoms with Gasteiger partial charge in [-0.3, -0.25) is 4.79 Å². The van der Waals surface area contributed by atoms with Crippen LogP contribution in [0.2, 0.25) is 0 Å². The maximum Gasteiger partial charge on any atom is 0.243 e. The Hall–Kier alpha value is -1.60. The second-order valence-corrected chi connectivity index (χ2v) is 7.48. The lowest BCUT2D eigenvalue weighted by Crippen LogP contribution is -2.48. The molecule has 6 nitrogen and oxygen atoms in total. The number of primary amides is 1. The number of anilines is 1. The highest BCUT2D eigenvalue weighted by molar-refractivity contribution is 7.89. The van der Waals surface area contributed by atoms with E-state index >= 15 is 0 Å². The molecule has 1 saturated heterocycles. The SMILES string of the molecule is Cc1cc(N)ccc1S(=O)(=O)N1CC(C(N)=O)CCC1C. The molecule has 1 amide bonds. The van der Waals surface area contributed by atoms with Gasteiger partial charge >= 0.3 is 0 Å². The van der Waals surface area contributed by atoms with Gasteiger partial charge < -0.3 is 11.5 Å². The molecule has 21 heavy (non-hydrogen) atoms. The molecular formula is C14H21N3O3S. The fourth-order valence-electron chi connectivity index (χ4n) is 2.73. The van der Waals surface area contributed by atoms with Crippen molar-refractivity contribution < 1.29 is 13.2 Å². The fraction of sp³-hybridized carbons (Fsp3) is 0.500. The van der Waals surface area contributed by atoms with E-state index in [1.807, 2.05) is 6.92 Å². The van der Waals surface area contributed by atoms with Gasteiger partial charge in [-0.05, 0) is 50.5 Å². The molecule has 116 valence electrons. The quantitative estimate of drug-likeness (QED) is 0.807. The number of carbonyl (C=O) groups is 1. The van der Waals surface area contributed by atoms with E-state index in [-0.39, 0.29) is 17.5 Å². The van der Waals surface area contributed by atoms with E-state index in [2.05, 4.69) is 0 Å². The molecule has 1 heterocycles. The number of nitrogens with two attached hydrogens (primary N) is 2. The summed E-state index contributed by atoms with van der Waals surface area (Å²) in [5.74, 6) is -0.874. The lowest BCUT2D eigenvalue weighted by molar-refractivity contribution is -0.123. The number of nitrogen functional groups attached to an aromatic ring is 1. The van der Waals surface area contributed by atoms with Crippen LogP contribution in [0.1, 0.15) is 25.3 Å². The first-order valence-corrected chi connectivity index (χ1v) is 8.34. The van der Waals surface area contributed by atoms with Crippen molar-refractivity contribution in [2.24, 2.45) is 11.7 Å². The molecule has 2 atom stereocenters. The predicted molar refractivity (Wildman–Crippen MR) is 80.9 cm³/mol. The Labute approximate surface area is 125 Å². The number of benzene rings is 1. The van der Waals surface area contributed by atoms with Gasteiger partial charge in [0.1, 0.15) is 0 Å². The van der Waals surface area contributed by atoms with Crippen LogP contribution >= 0.6 is 0 Å². The highest BCUT2D eigenvalue weighted by Gasteiger charge is 2.37. The van der Waals surface area contributed by atoms with Gasteiger partial charge in [-0.25, -0.2) is 8.42 Å². The highest BCUT2D eigenvalue weighted by atomic mass is 32.2. The lowest BCUT2D eigenvalue weighted by atomic mass is 9.95. The fourth-order valence-corrected chi connectivity index (χ4v) is 4.64. The van der Waals surface area contributed by atoms with Crippen LogP contribution in [0.4, 0.5) is 5.69 Å². The summed E-state index contributed by atoms with van der Waals surface area (Å²) in [6, 6.07) is 4.57. The van der Waals surface area contributed by atoms with E-state index < -0.39 is 21.8 Å². The average molecular weight is 311 g/mol. The van der Waals surface area contributed by atoms with Crippen molar-refractivity contribution >= 4 is 21.6 Å². The van der Waals surface area contributed by atoms with E-state index in [1.54, 1.807) is 19.1 Å². The van der Waals surface area contributed by atoms with Gasteiger partial charge in [0.05, 0.1) is 10.8 Å². The minimum absolute atomic E-state index is 0.142. The number of hydrogen-bond donors (Lipinski definition) is 2. The van der Waals surface area contributed by atoms with Crippen LogP contribution in [0.25, 0.3) is 0 Å². The molecule has 7 heteroatoms. The van der Waals surface area contributed by atoms with Crippen molar-refractivity contribution in [1.29, 1.82) is 0 Å². The third kappa shape index (κ3) is 3.03. The molecule has 4 N–H and O–H groups in total. The number of rotatable bonds is 3. The van der Waals surface area contributed by atoms with Gasteiger partial charge in [0.25, 0.3) is 0 Å². The third-order valence-corrected chi connectivity index (χ3v) is 6.15. The zero-order valence-corrected chi connectivity index (χ0v) is 13.1. The van der Waals surface area contributed by atoms with Crippen molar-refractivity contribution in [1.82, 2.24) is 4.31 Å². The summed E-state index contributed by atoms with van der Waals surface area (Å²) in [5.41, 5.74) is 12.1. The topological polar surface area (TPSA) is 106 Å². The molecule has 0 bridgehead atoms. The predicted octanol–water partition coefficient (Wildman–Crippen LogP) is 0.852. The molecule has 1 aromatic rings. The molecule has 2 unspecified atom stereocenters. The molecule has 0 aliphatic carbocycles. The van der Waals surface area contributed by atoms with E-state index in [0.717, 1.165) is 0 Å². The molecular weight excluding hydrogens is 290 g/mol. The zero-order chi connectivity index (χ0) is 15.8. The first-order chi connectivity index (χ1) is 9.73. The van der Waals surface area contributed by atoms with Crippen molar-refractivity contribution in [3.63, 3.8) is 0 Å². The second kappa shape index (κ2) is 5.65. The van der Waals surface area contributed by atoms with Gasteiger partial charge in [-0.1, -0.05) is 0 Å². The van der Waals surface area contributed by atoms with Crippen LogP contribution in [0.3, 0.4) is 0 Å². The number of piperidine rings is 1. The zero-order valence-electron chi connectivity index (χ0n) is 12.2. The summed E-state index contributed by atoms with van der Waals surface area (Å²) < 4.78 is 27.0. The van der Waals surface area contributed by atoms with Crippen molar-refractivity contribution in [2.75, 3.05) is 12.3 Å². The van der Waals surface area contributed by atoms with Gasteiger partial charge in [-0.2, -0.15) is 4.31 Å². The molecule has 0 aromatic heterocycles. The summed E-state index contributed by atoms with van der Waals surface area (Å²) in [7, 11) is -3.66. The maximum atomic E-state index is 12.8. The summed E-state index contributed by atoms with van der Waals surface area (Å²) in [4.78, 5) is 11.6. The van der Waals surface area contributed by atoms with Crippen molar-refractivity contribution in [3.05, 3.63) is 23.8 Å². The third-order valence-electron chi connectivity index (χ3n) is 4.01. The van der Waals surface area contributed by atoms with Crippen LogP contribution in [-0.4, -0.2) is 31.2 Å². The number of aryl methyl sites for hydroxylation is 1. The van der Waals surface area contributed by atoms with Crippen LogP contribution in [0.5, 0.6) is 0 Å². The Morgan fingerprint density at radius 1 is 1.33 bits per heavy atom. The normalized spacial score (nSPS) is 23.9. The summed E-state index contributed by atoms with van der Waals surface area (Å²) >= 11 is 0. The molecule has 1 aliphatic heterocycles. The summed E-state index contributed by atoms with van der Waals surface area (Å²) in [5, 5.41) is 0. The average Bonchev–Trinajstić information content (AvgIpc) is 2.38. The van der Waals surface area contributed by atoms with Gasteiger partial charge in [0.2, 0.25) is 15.9 Å². The number of amides is 1. The molecule has 1 aromatic carbocycles. The Balaban J connectivity index is 2.39. The van der Waals surface area contributed by atoms with Crippen LogP contribution in [0, 0.1) is 12.8 Å². The number of carbonyl (C=O) groups excluding carboxylic acids is 1. The van der Waals surface area contributed by atoms with Crippen LogP contribution < -0.4 is 11.5 Å². The van der Waals surface area contributed by atoms with Gasteiger partial charge in [0, 0.05) is 18.3 Å². The second-order valence-electron chi connectivity index (χ2n) is 5.63. The largest absolute Gasteiger partial charge is 0.399 e. The van der Waals surface area contributed by atoms with Crippen molar-refractivity contribution in [2.45, 2.75) is 37.6 Å². The summed E-state index contributed by atoms with van der Waals surface area (Å²) in [6.45, 7) is 3.70. The van der Waals surface area contributed by atoms with E-state index in [1.165, 1.54) is 10.4 Å². The van der Waals surface area contributed by atoms with E-state index in [0.29, 0.717) is 24.1 Å². The number of nitrogens with zero attached hydrogens (tertiary/aromatic N) is 1. The number of hydrogen-bond acceptors (Lipinski definition) is 4. The molecule has 2 rings (SSSR count). The maximum absolute atomic E-state index is 12.8. The first-order valence-electron chi connectivity index (χ1n) is 6.90. The molecule has 1 aliphatic rings. The minimum Gasteiger partial charge on any atom is -0.399 e. The Morgan fingerprint density at radius 2 is 2.00 bits per heavy atom.